The van der Waals surface area contributed by atoms with Crippen LogP contribution >= 0.6 is 0 Å². The smallest absolute Gasteiger partial charge is 0.255 e. The van der Waals surface area contributed by atoms with Crippen molar-refractivity contribution in [2.45, 2.75) is 13.8 Å². The molecule has 0 saturated heterocycles. The fourth-order valence-electron chi connectivity index (χ4n) is 2.51. The Balaban J connectivity index is 1.88. The molecular weight excluding hydrogens is 288 g/mol. The standard InChI is InChI=1S/C19H18N2O2/c1-3-23-18-10-9-14(12-13(18)2)19(22)21-17-8-4-7-16-15(17)6-5-11-20-16/h4-12H,3H2,1-2H3,(H,21,22). The molecule has 2 aromatic carbocycles. The molecule has 0 spiro atoms. The van der Waals surface area contributed by atoms with Gasteiger partial charge in [0.1, 0.15) is 5.75 Å². The van der Waals surface area contributed by atoms with Crippen LogP contribution in [0.2, 0.25) is 0 Å². The fraction of sp³-hybridized carbons (Fsp3) is 0.158. The van der Waals surface area contributed by atoms with Crippen LogP contribution in [0.25, 0.3) is 10.9 Å². The van der Waals surface area contributed by atoms with Gasteiger partial charge in [-0.2, -0.15) is 0 Å². The number of hydrogen-bond donors (Lipinski definition) is 1. The van der Waals surface area contributed by atoms with Crippen molar-refractivity contribution in [3.05, 3.63) is 65.9 Å². The molecule has 0 radical (unpaired) electrons. The van der Waals surface area contributed by atoms with Gasteiger partial charge < -0.3 is 10.1 Å². The number of nitrogens with zero attached hydrogens (tertiary/aromatic N) is 1. The summed E-state index contributed by atoms with van der Waals surface area (Å²) in [7, 11) is 0. The second-order valence-electron chi connectivity index (χ2n) is 5.24. The molecule has 23 heavy (non-hydrogen) atoms. The van der Waals surface area contributed by atoms with E-state index in [1.807, 2.05) is 56.3 Å². The molecule has 116 valence electrons. The summed E-state index contributed by atoms with van der Waals surface area (Å²) in [6.45, 7) is 4.48. The first-order valence-corrected chi connectivity index (χ1v) is 7.57. The van der Waals surface area contributed by atoms with Crippen molar-refractivity contribution < 1.29 is 9.53 Å². The maximum atomic E-state index is 12.5. The van der Waals surface area contributed by atoms with E-state index >= 15 is 0 Å². The quantitative estimate of drug-likeness (QED) is 0.786. The molecule has 0 fully saturated rings. The number of rotatable bonds is 4. The van der Waals surface area contributed by atoms with Gasteiger partial charge in [-0.3, -0.25) is 9.78 Å². The first kappa shape index (κ1) is 15.0. The fourth-order valence-corrected chi connectivity index (χ4v) is 2.51. The van der Waals surface area contributed by atoms with Crippen LogP contribution in [0.15, 0.2) is 54.7 Å². The van der Waals surface area contributed by atoms with E-state index in [1.54, 1.807) is 12.3 Å². The number of benzene rings is 2. The van der Waals surface area contributed by atoms with Crippen LogP contribution in [-0.4, -0.2) is 17.5 Å². The number of aromatic nitrogens is 1. The summed E-state index contributed by atoms with van der Waals surface area (Å²) in [5.41, 5.74) is 3.16. The third kappa shape index (κ3) is 3.16. The van der Waals surface area contributed by atoms with E-state index in [9.17, 15) is 4.79 Å². The largest absolute Gasteiger partial charge is 0.494 e. The number of hydrogen-bond acceptors (Lipinski definition) is 3. The first-order valence-electron chi connectivity index (χ1n) is 7.57. The van der Waals surface area contributed by atoms with Crippen molar-refractivity contribution in [2.75, 3.05) is 11.9 Å². The van der Waals surface area contributed by atoms with E-state index in [2.05, 4.69) is 10.3 Å². The summed E-state index contributed by atoms with van der Waals surface area (Å²) in [5, 5.41) is 3.88. The molecule has 3 rings (SSSR count). The molecule has 0 saturated carbocycles. The number of anilines is 1. The third-order valence-corrected chi connectivity index (χ3v) is 3.63. The number of ether oxygens (including phenoxy) is 1. The first-order chi connectivity index (χ1) is 11.2. The molecule has 3 aromatic rings. The van der Waals surface area contributed by atoms with Gasteiger partial charge in [0, 0.05) is 17.1 Å². The summed E-state index contributed by atoms with van der Waals surface area (Å²) < 4.78 is 5.51. The Morgan fingerprint density at radius 2 is 2.04 bits per heavy atom. The molecule has 0 unspecified atom stereocenters. The Labute approximate surface area is 135 Å². The Hall–Kier alpha value is -2.88. The van der Waals surface area contributed by atoms with Gasteiger partial charge in [0.2, 0.25) is 0 Å². The van der Waals surface area contributed by atoms with Crippen molar-refractivity contribution in [2.24, 2.45) is 0 Å². The van der Waals surface area contributed by atoms with Gasteiger partial charge in [-0.15, -0.1) is 0 Å². The Kier molecular flexibility index (Phi) is 4.24. The average molecular weight is 306 g/mol. The van der Waals surface area contributed by atoms with Gasteiger partial charge in [0.25, 0.3) is 5.91 Å². The lowest BCUT2D eigenvalue weighted by atomic mass is 10.1. The lowest BCUT2D eigenvalue weighted by Gasteiger charge is -2.11. The summed E-state index contributed by atoms with van der Waals surface area (Å²) in [4.78, 5) is 16.8. The SMILES string of the molecule is CCOc1ccc(C(=O)Nc2cccc3ncccc23)cc1C. The van der Waals surface area contributed by atoms with Crippen LogP contribution in [0, 0.1) is 6.92 Å². The number of pyridine rings is 1. The zero-order chi connectivity index (χ0) is 16.2. The maximum absolute atomic E-state index is 12.5. The molecule has 4 nitrogen and oxygen atoms in total. The van der Waals surface area contributed by atoms with E-state index in [1.165, 1.54) is 0 Å². The van der Waals surface area contributed by atoms with Crippen LogP contribution in [0.4, 0.5) is 5.69 Å². The Morgan fingerprint density at radius 3 is 2.83 bits per heavy atom. The normalized spacial score (nSPS) is 10.5. The summed E-state index contributed by atoms with van der Waals surface area (Å²) in [5.74, 6) is 0.658. The number of amides is 1. The third-order valence-electron chi connectivity index (χ3n) is 3.63. The molecule has 0 bridgehead atoms. The highest BCUT2D eigenvalue weighted by Crippen LogP contribution is 2.23. The number of aryl methyl sites for hydroxylation is 1. The second kappa shape index (κ2) is 6.48. The Bertz CT molecular complexity index is 854. The Morgan fingerprint density at radius 1 is 1.17 bits per heavy atom. The molecule has 0 atom stereocenters. The van der Waals surface area contributed by atoms with Gasteiger partial charge >= 0.3 is 0 Å². The summed E-state index contributed by atoms with van der Waals surface area (Å²) in [6.07, 6.45) is 1.74. The van der Waals surface area contributed by atoms with Crippen molar-refractivity contribution >= 4 is 22.5 Å². The molecular formula is C19H18N2O2. The maximum Gasteiger partial charge on any atom is 0.255 e. The molecule has 0 aliphatic rings. The number of fused-ring (bicyclic) bond motifs is 1. The van der Waals surface area contributed by atoms with E-state index in [4.69, 9.17) is 4.74 Å². The van der Waals surface area contributed by atoms with Gasteiger partial charge in [0.05, 0.1) is 17.8 Å². The molecule has 1 aromatic heterocycles. The zero-order valence-corrected chi connectivity index (χ0v) is 13.2. The van der Waals surface area contributed by atoms with E-state index in [0.717, 1.165) is 27.9 Å². The molecule has 1 N–H and O–H groups in total. The minimum atomic E-state index is -0.146. The summed E-state index contributed by atoms with van der Waals surface area (Å²) >= 11 is 0. The van der Waals surface area contributed by atoms with Crippen molar-refractivity contribution in [3.63, 3.8) is 0 Å². The topological polar surface area (TPSA) is 51.2 Å². The average Bonchev–Trinajstić information content (AvgIpc) is 2.57. The van der Waals surface area contributed by atoms with Gasteiger partial charge in [0.15, 0.2) is 0 Å². The molecule has 0 aliphatic heterocycles. The van der Waals surface area contributed by atoms with Crippen LogP contribution in [-0.2, 0) is 0 Å². The van der Waals surface area contributed by atoms with Crippen LogP contribution in [0.3, 0.4) is 0 Å². The predicted octanol–water partition coefficient (Wildman–Crippen LogP) is 4.19. The van der Waals surface area contributed by atoms with E-state index in [-0.39, 0.29) is 5.91 Å². The van der Waals surface area contributed by atoms with Crippen molar-refractivity contribution in [1.82, 2.24) is 4.98 Å². The highest BCUT2D eigenvalue weighted by Gasteiger charge is 2.10. The highest BCUT2D eigenvalue weighted by atomic mass is 16.5. The molecule has 0 aliphatic carbocycles. The van der Waals surface area contributed by atoms with Crippen molar-refractivity contribution in [1.29, 1.82) is 0 Å². The number of nitrogens with one attached hydrogen (secondary N) is 1. The van der Waals surface area contributed by atoms with E-state index < -0.39 is 0 Å². The number of carbonyl (C=O) groups excluding carboxylic acids is 1. The van der Waals surface area contributed by atoms with Gasteiger partial charge in [-0.1, -0.05) is 6.07 Å². The lowest BCUT2D eigenvalue weighted by Crippen LogP contribution is -2.12. The van der Waals surface area contributed by atoms with Gasteiger partial charge in [-0.05, 0) is 61.9 Å². The summed E-state index contributed by atoms with van der Waals surface area (Å²) in [6, 6.07) is 14.9. The molecule has 1 heterocycles. The highest BCUT2D eigenvalue weighted by molar-refractivity contribution is 6.08. The second-order valence-corrected chi connectivity index (χ2v) is 5.24. The van der Waals surface area contributed by atoms with Gasteiger partial charge in [-0.25, -0.2) is 0 Å². The monoisotopic (exact) mass is 306 g/mol. The zero-order valence-electron chi connectivity index (χ0n) is 13.2. The minimum absolute atomic E-state index is 0.146. The van der Waals surface area contributed by atoms with Crippen LogP contribution in [0.5, 0.6) is 5.75 Å². The van der Waals surface area contributed by atoms with E-state index in [0.29, 0.717) is 12.2 Å². The minimum Gasteiger partial charge on any atom is -0.494 e. The molecule has 4 heteroatoms. The molecule has 1 amide bonds. The van der Waals surface area contributed by atoms with Crippen LogP contribution < -0.4 is 10.1 Å². The predicted molar refractivity (Wildman–Crippen MR) is 92.0 cm³/mol. The van der Waals surface area contributed by atoms with Crippen LogP contribution in [0.1, 0.15) is 22.8 Å². The lowest BCUT2D eigenvalue weighted by molar-refractivity contribution is 0.102. The number of carbonyl (C=O) groups is 1. The van der Waals surface area contributed by atoms with Crippen molar-refractivity contribution in [3.8, 4) is 5.75 Å².